The smallest absolute Gasteiger partial charge is 0.146 e. The van der Waals surface area contributed by atoms with Crippen molar-refractivity contribution in [1.82, 2.24) is 15.0 Å². The van der Waals surface area contributed by atoms with Gasteiger partial charge in [-0.1, -0.05) is 24.3 Å². The predicted molar refractivity (Wildman–Crippen MR) is 79.6 cm³/mol. The van der Waals surface area contributed by atoms with Gasteiger partial charge in [0.1, 0.15) is 18.2 Å². The first kappa shape index (κ1) is 13.3. The van der Waals surface area contributed by atoms with E-state index in [0.29, 0.717) is 6.61 Å². The summed E-state index contributed by atoms with van der Waals surface area (Å²) >= 11 is 0. The van der Waals surface area contributed by atoms with Crippen LogP contribution in [0.5, 0.6) is 5.75 Å². The Morgan fingerprint density at radius 2 is 1.86 bits per heavy atom. The molecule has 21 heavy (non-hydrogen) atoms. The number of nitrogens with zero attached hydrogens (tertiary/aromatic N) is 2. The molecule has 1 unspecified atom stereocenters. The summed E-state index contributed by atoms with van der Waals surface area (Å²) in [5.74, 6) is 1.55. The molecule has 5 heteroatoms. The number of aromatic amines is 1. The normalized spacial score (nSPS) is 12.0. The Labute approximate surface area is 122 Å². The summed E-state index contributed by atoms with van der Waals surface area (Å²) in [5.41, 5.74) is 7.78. The average Bonchev–Trinajstić information content (AvgIpc) is 3.03. The molecule has 3 aromatic rings. The van der Waals surface area contributed by atoms with E-state index in [1.807, 2.05) is 48.5 Å². The summed E-state index contributed by atoms with van der Waals surface area (Å²) in [4.78, 5) is 11.7. The number of hydrogen-bond acceptors (Lipinski definition) is 4. The van der Waals surface area contributed by atoms with E-state index in [-0.39, 0.29) is 6.04 Å². The van der Waals surface area contributed by atoms with Crippen molar-refractivity contribution >= 4 is 0 Å². The highest BCUT2D eigenvalue weighted by molar-refractivity contribution is 5.22. The Morgan fingerprint density at radius 3 is 2.62 bits per heavy atom. The van der Waals surface area contributed by atoms with Gasteiger partial charge in [0.2, 0.25) is 0 Å². The zero-order valence-electron chi connectivity index (χ0n) is 11.4. The quantitative estimate of drug-likeness (QED) is 0.752. The van der Waals surface area contributed by atoms with Gasteiger partial charge in [0.25, 0.3) is 0 Å². The van der Waals surface area contributed by atoms with Crippen molar-refractivity contribution < 1.29 is 4.74 Å². The fourth-order valence-corrected chi connectivity index (χ4v) is 2.00. The number of para-hydroxylation sites is 1. The molecule has 5 nitrogen and oxygen atoms in total. The van der Waals surface area contributed by atoms with E-state index in [1.165, 1.54) is 0 Å². The average molecular weight is 280 g/mol. The Kier molecular flexibility index (Phi) is 3.93. The van der Waals surface area contributed by atoms with Crippen LogP contribution in [0.25, 0.3) is 0 Å². The van der Waals surface area contributed by atoms with E-state index >= 15 is 0 Å². The first-order valence-corrected chi connectivity index (χ1v) is 6.71. The molecular weight excluding hydrogens is 264 g/mol. The van der Waals surface area contributed by atoms with Gasteiger partial charge >= 0.3 is 0 Å². The van der Waals surface area contributed by atoms with Gasteiger partial charge in [-0.25, -0.2) is 4.98 Å². The van der Waals surface area contributed by atoms with Gasteiger partial charge in [-0.2, -0.15) is 0 Å². The highest BCUT2D eigenvalue weighted by Gasteiger charge is 2.12. The van der Waals surface area contributed by atoms with Crippen LogP contribution in [0.15, 0.2) is 60.9 Å². The van der Waals surface area contributed by atoms with E-state index in [2.05, 4.69) is 15.0 Å². The van der Waals surface area contributed by atoms with E-state index < -0.39 is 0 Å². The Hall–Kier alpha value is -2.66. The first-order valence-electron chi connectivity index (χ1n) is 6.71. The lowest BCUT2D eigenvalue weighted by Gasteiger charge is -2.08. The third-order valence-electron chi connectivity index (χ3n) is 3.11. The molecule has 0 bridgehead atoms. The number of ether oxygens (including phenoxy) is 1. The predicted octanol–water partition coefficient (Wildman–Crippen LogP) is 2.43. The fraction of sp³-hybridized carbons (Fsp3) is 0.125. The minimum Gasteiger partial charge on any atom is -0.486 e. The van der Waals surface area contributed by atoms with Crippen LogP contribution in [0.2, 0.25) is 0 Å². The topological polar surface area (TPSA) is 76.8 Å². The van der Waals surface area contributed by atoms with E-state index in [4.69, 9.17) is 10.5 Å². The van der Waals surface area contributed by atoms with Crippen molar-refractivity contribution in [2.24, 2.45) is 5.73 Å². The van der Waals surface area contributed by atoms with E-state index in [0.717, 1.165) is 23.0 Å². The number of pyridine rings is 1. The number of imidazole rings is 1. The third-order valence-corrected chi connectivity index (χ3v) is 3.11. The van der Waals surface area contributed by atoms with Crippen LogP contribution in [-0.4, -0.2) is 15.0 Å². The van der Waals surface area contributed by atoms with Gasteiger partial charge in [-0.05, 0) is 24.3 Å². The Bertz CT molecular complexity index is 682. The van der Waals surface area contributed by atoms with Gasteiger partial charge in [-0.3, -0.25) is 4.98 Å². The number of nitrogens with one attached hydrogen (secondary N) is 1. The molecule has 3 N–H and O–H groups in total. The van der Waals surface area contributed by atoms with Crippen LogP contribution in [0.4, 0.5) is 0 Å². The summed E-state index contributed by atoms with van der Waals surface area (Å²) in [6.45, 7) is 0.374. The molecule has 0 aliphatic heterocycles. The van der Waals surface area contributed by atoms with Crippen LogP contribution >= 0.6 is 0 Å². The number of nitrogens with two attached hydrogens (primary N) is 1. The lowest BCUT2D eigenvalue weighted by Crippen LogP contribution is -2.13. The molecule has 0 aliphatic rings. The number of hydrogen-bond donors (Lipinski definition) is 2. The van der Waals surface area contributed by atoms with Gasteiger partial charge in [0.15, 0.2) is 0 Å². The van der Waals surface area contributed by atoms with Crippen LogP contribution < -0.4 is 10.5 Å². The van der Waals surface area contributed by atoms with Crippen molar-refractivity contribution in [3.8, 4) is 5.75 Å². The monoisotopic (exact) mass is 280 g/mol. The van der Waals surface area contributed by atoms with Gasteiger partial charge in [0.05, 0.1) is 23.6 Å². The second-order valence-electron chi connectivity index (χ2n) is 4.62. The molecule has 106 valence electrons. The molecule has 1 aromatic carbocycles. The molecule has 0 radical (unpaired) electrons. The fourth-order valence-electron chi connectivity index (χ4n) is 2.00. The van der Waals surface area contributed by atoms with Crippen LogP contribution in [0, 0.1) is 0 Å². The summed E-state index contributed by atoms with van der Waals surface area (Å²) in [6, 6.07) is 15.0. The molecule has 0 saturated carbocycles. The number of aromatic nitrogens is 3. The number of H-pyrrole nitrogens is 1. The molecule has 0 amide bonds. The third kappa shape index (κ3) is 3.27. The lowest BCUT2D eigenvalue weighted by molar-refractivity contribution is 0.297. The van der Waals surface area contributed by atoms with Crippen LogP contribution in [-0.2, 0) is 6.61 Å². The maximum absolute atomic E-state index is 6.16. The van der Waals surface area contributed by atoms with Crippen LogP contribution in [0.3, 0.4) is 0 Å². The second-order valence-corrected chi connectivity index (χ2v) is 4.62. The van der Waals surface area contributed by atoms with Gasteiger partial charge in [-0.15, -0.1) is 0 Å². The summed E-state index contributed by atoms with van der Waals surface area (Å²) in [5, 5.41) is 0. The van der Waals surface area contributed by atoms with Crippen molar-refractivity contribution in [1.29, 1.82) is 0 Å². The molecule has 3 rings (SSSR count). The summed E-state index contributed by atoms with van der Waals surface area (Å²) in [6.07, 6.45) is 3.45. The standard InChI is InChI=1S/C16H16N4O/c17-16(13-8-4-5-9-18-13)14-10-19-15(20-14)11-21-12-6-2-1-3-7-12/h1-10,16H,11,17H2,(H,19,20). The van der Waals surface area contributed by atoms with Crippen molar-refractivity contribution in [3.63, 3.8) is 0 Å². The number of benzene rings is 1. The summed E-state index contributed by atoms with van der Waals surface area (Å²) < 4.78 is 5.64. The SMILES string of the molecule is NC(c1ccccn1)c1cnc(COc2ccccc2)[nH]1. The van der Waals surface area contributed by atoms with Crippen molar-refractivity contribution in [3.05, 3.63) is 78.1 Å². The molecular formula is C16H16N4O. The zero-order valence-corrected chi connectivity index (χ0v) is 11.4. The molecule has 0 aliphatic carbocycles. The summed E-state index contributed by atoms with van der Waals surface area (Å²) in [7, 11) is 0. The van der Waals surface area contributed by atoms with E-state index in [1.54, 1.807) is 12.4 Å². The number of rotatable bonds is 5. The molecule has 2 aromatic heterocycles. The van der Waals surface area contributed by atoms with Gasteiger partial charge < -0.3 is 15.5 Å². The molecule has 0 spiro atoms. The largest absolute Gasteiger partial charge is 0.486 e. The Morgan fingerprint density at radius 1 is 1.05 bits per heavy atom. The Balaban J connectivity index is 1.66. The van der Waals surface area contributed by atoms with Crippen molar-refractivity contribution in [2.75, 3.05) is 0 Å². The molecule has 0 fully saturated rings. The minimum absolute atomic E-state index is 0.316. The highest BCUT2D eigenvalue weighted by atomic mass is 16.5. The van der Waals surface area contributed by atoms with Crippen LogP contribution in [0.1, 0.15) is 23.3 Å². The second kappa shape index (κ2) is 6.19. The maximum atomic E-state index is 6.16. The molecule has 1 atom stereocenters. The molecule has 0 saturated heterocycles. The zero-order chi connectivity index (χ0) is 14.5. The van der Waals surface area contributed by atoms with Gasteiger partial charge in [0, 0.05) is 6.20 Å². The van der Waals surface area contributed by atoms with E-state index in [9.17, 15) is 0 Å². The minimum atomic E-state index is -0.316. The lowest BCUT2D eigenvalue weighted by atomic mass is 10.1. The first-order chi connectivity index (χ1) is 10.3. The molecule has 2 heterocycles. The maximum Gasteiger partial charge on any atom is 0.146 e. The van der Waals surface area contributed by atoms with Crippen molar-refractivity contribution in [2.45, 2.75) is 12.6 Å². The highest BCUT2D eigenvalue weighted by Crippen LogP contribution is 2.16.